The largest absolute Gasteiger partial charge is 0.508 e. The summed E-state index contributed by atoms with van der Waals surface area (Å²) in [7, 11) is 1.51. The smallest absolute Gasteiger partial charge is 0.125 e. The van der Waals surface area contributed by atoms with Crippen molar-refractivity contribution in [2.45, 2.75) is 13.0 Å². The summed E-state index contributed by atoms with van der Waals surface area (Å²) in [6, 6.07) is 3.17. The highest BCUT2D eigenvalue weighted by molar-refractivity contribution is 5.46. The predicted octanol–water partition coefficient (Wildman–Crippen LogP) is 0.701. The minimum Gasteiger partial charge on any atom is -0.508 e. The number of phenolic OH excluding ortho intramolecular Hbond substituents is 1. The van der Waals surface area contributed by atoms with E-state index in [4.69, 9.17) is 10.5 Å². The number of ether oxygens (including phenoxy) is 1. The van der Waals surface area contributed by atoms with Crippen LogP contribution in [0.25, 0.3) is 0 Å². The monoisotopic (exact) mass is 197 g/mol. The van der Waals surface area contributed by atoms with Crippen LogP contribution in [0.3, 0.4) is 0 Å². The van der Waals surface area contributed by atoms with Crippen LogP contribution in [-0.4, -0.2) is 23.9 Å². The van der Waals surface area contributed by atoms with Crippen molar-refractivity contribution >= 4 is 0 Å². The SMILES string of the molecule is COc1cc(C(O)CN)cc(O)c1C. The zero-order chi connectivity index (χ0) is 10.7. The van der Waals surface area contributed by atoms with Crippen LogP contribution >= 0.6 is 0 Å². The van der Waals surface area contributed by atoms with Crippen LogP contribution in [0, 0.1) is 6.92 Å². The number of rotatable bonds is 3. The van der Waals surface area contributed by atoms with Gasteiger partial charge in [0.05, 0.1) is 13.2 Å². The number of hydrogen-bond donors (Lipinski definition) is 3. The molecule has 0 amide bonds. The van der Waals surface area contributed by atoms with Gasteiger partial charge in [0.25, 0.3) is 0 Å². The molecule has 4 heteroatoms. The molecule has 4 nitrogen and oxygen atoms in total. The zero-order valence-corrected chi connectivity index (χ0v) is 8.32. The lowest BCUT2D eigenvalue weighted by Crippen LogP contribution is -2.11. The van der Waals surface area contributed by atoms with E-state index in [1.807, 2.05) is 0 Å². The Morgan fingerprint density at radius 1 is 1.50 bits per heavy atom. The number of phenols is 1. The third kappa shape index (κ3) is 1.97. The Morgan fingerprint density at radius 2 is 2.14 bits per heavy atom. The van der Waals surface area contributed by atoms with E-state index in [2.05, 4.69) is 0 Å². The molecule has 78 valence electrons. The minimum absolute atomic E-state index is 0.104. The normalized spacial score (nSPS) is 12.6. The molecule has 0 radical (unpaired) electrons. The number of benzene rings is 1. The average molecular weight is 197 g/mol. The van der Waals surface area contributed by atoms with Crippen LogP contribution in [0.1, 0.15) is 17.2 Å². The molecule has 1 rings (SSSR count). The molecule has 0 fully saturated rings. The minimum atomic E-state index is -0.768. The lowest BCUT2D eigenvalue weighted by atomic mass is 10.1. The Morgan fingerprint density at radius 3 is 2.64 bits per heavy atom. The maximum atomic E-state index is 9.52. The van der Waals surface area contributed by atoms with Gasteiger partial charge in [0.15, 0.2) is 0 Å². The van der Waals surface area contributed by atoms with Crippen LogP contribution in [0.15, 0.2) is 12.1 Å². The molecule has 1 aromatic rings. The third-order valence-electron chi connectivity index (χ3n) is 2.18. The van der Waals surface area contributed by atoms with Gasteiger partial charge in [-0.1, -0.05) is 0 Å². The summed E-state index contributed by atoms with van der Waals surface area (Å²) in [4.78, 5) is 0. The second kappa shape index (κ2) is 4.30. The molecule has 0 bridgehead atoms. The Balaban J connectivity index is 3.16. The third-order valence-corrected chi connectivity index (χ3v) is 2.18. The van der Waals surface area contributed by atoms with Crippen molar-refractivity contribution in [3.63, 3.8) is 0 Å². The van der Waals surface area contributed by atoms with Crippen LogP contribution < -0.4 is 10.5 Å². The number of aliphatic hydroxyl groups is 1. The van der Waals surface area contributed by atoms with Crippen LogP contribution in [-0.2, 0) is 0 Å². The number of aromatic hydroxyl groups is 1. The van der Waals surface area contributed by atoms with Crippen molar-refractivity contribution < 1.29 is 14.9 Å². The molecule has 0 spiro atoms. The van der Waals surface area contributed by atoms with Gasteiger partial charge in [0.1, 0.15) is 11.5 Å². The molecule has 1 aromatic carbocycles. The average Bonchev–Trinajstić information content (AvgIpc) is 2.20. The van der Waals surface area contributed by atoms with Crippen molar-refractivity contribution in [3.05, 3.63) is 23.3 Å². The second-order valence-electron chi connectivity index (χ2n) is 3.12. The van der Waals surface area contributed by atoms with Gasteiger partial charge in [-0.05, 0) is 24.6 Å². The zero-order valence-electron chi connectivity index (χ0n) is 8.32. The van der Waals surface area contributed by atoms with Crippen molar-refractivity contribution in [1.82, 2.24) is 0 Å². The maximum Gasteiger partial charge on any atom is 0.125 e. The van der Waals surface area contributed by atoms with Gasteiger partial charge >= 0.3 is 0 Å². The van der Waals surface area contributed by atoms with E-state index in [0.29, 0.717) is 16.9 Å². The summed E-state index contributed by atoms with van der Waals surface area (Å²) in [6.45, 7) is 1.86. The highest BCUT2D eigenvalue weighted by Gasteiger charge is 2.11. The number of nitrogens with two attached hydrogens (primary N) is 1. The summed E-state index contributed by atoms with van der Waals surface area (Å²) >= 11 is 0. The quantitative estimate of drug-likeness (QED) is 0.666. The fourth-order valence-corrected chi connectivity index (χ4v) is 1.23. The van der Waals surface area contributed by atoms with E-state index in [0.717, 1.165) is 0 Å². The van der Waals surface area contributed by atoms with Gasteiger partial charge in [0, 0.05) is 12.1 Å². The summed E-state index contributed by atoms with van der Waals surface area (Å²) in [5, 5.41) is 19.0. The van der Waals surface area contributed by atoms with Gasteiger partial charge in [-0.3, -0.25) is 0 Å². The van der Waals surface area contributed by atoms with Crippen molar-refractivity contribution in [3.8, 4) is 11.5 Å². The predicted molar refractivity (Wildman–Crippen MR) is 53.4 cm³/mol. The van der Waals surface area contributed by atoms with Crippen LogP contribution in [0.2, 0.25) is 0 Å². The summed E-state index contributed by atoms with van der Waals surface area (Å²) in [5.74, 6) is 0.652. The molecule has 0 aliphatic carbocycles. The first-order valence-corrected chi connectivity index (χ1v) is 4.35. The Kier molecular flexibility index (Phi) is 3.33. The standard InChI is InChI=1S/C10H15NO3/c1-6-8(12)3-7(9(13)5-11)4-10(6)14-2/h3-4,9,12-13H,5,11H2,1-2H3. The Labute approximate surface area is 82.9 Å². The van der Waals surface area contributed by atoms with E-state index in [-0.39, 0.29) is 12.3 Å². The molecule has 0 aliphatic heterocycles. The summed E-state index contributed by atoms with van der Waals surface area (Å²) in [5.41, 5.74) is 6.53. The van der Waals surface area contributed by atoms with E-state index < -0.39 is 6.10 Å². The molecule has 0 saturated heterocycles. The van der Waals surface area contributed by atoms with E-state index in [1.54, 1.807) is 13.0 Å². The van der Waals surface area contributed by atoms with Crippen molar-refractivity contribution in [1.29, 1.82) is 0 Å². The van der Waals surface area contributed by atoms with Gasteiger partial charge in [-0.25, -0.2) is 0 Å². The Hall–Kier alpha value is -1.26. The molecule has 0 saturated carbocycles. The first kappa shape index (κ1) is 10.8. The lowest BCUT2D eigenvalue weighted by molar-refractivity contribution is 0.186. The highest BCUT2D eigenvalue weighted by atomic mass is 16.5. The molecule has 1 unspecified atom stereocenters. The molecular weight excluding hydrogens is 182 g/mol. The van der Waals surface area contributed by atoms with Crippen LogP contribution in [0.5, 0.6) is 11.5 Å². The van der Waals surface area contributed by atoms with Gasteiger partial charge in [0.2, 0.25) is 0 Å². The molecular formula is C10H15NO3. The van der Waals surface area contributed by atoms with Gasteiger partial charge in [-0.2, -0.15) is 0 Å². The molecule has 0 aromatic heterocycles. The fraction of sp³-hybridized carbons (Fsp3) is 0.400. The molecule has 14 heavy (non-hydrogen) atoms. The van der Waals surface area contributed by atoms with Gasteiger partial charge in [-0.15, -0.1) is 0 Å². The Bertz CT molecular complexity index is 325. The van der Waals surface area contributed by atoms with Crippen molar-refractivity contribution in [2.24, 2.45) is 5.73 Å². The fourth-order valence-electron chi connectivity index (χ4n) is 1.23. The van der Waals surface area contributed by atoms with E-state index >= 15 is 0 Å². The highest BCUT2D eigenvalue weighted by Crippen LogP contribution is 2.30. The first-order chi connectivity index (χ1) is 6.60. The summed E-state index contributed by atoms with van der Waals surface area (Å²) < 4.78 is 5.05. The number of hydrogen-bond acceptors (Lipinski definition) is 4. The summed E-state index contributed by atoms with van der Waals surface area (Å²) in [6.07, 6.45) is -0.768. The molecule has 0 aliphatic rings. The van der Waals surface area contributed by atoms with E-state index in [9.17, 15) is 10.2 Å². The topological polar surface area (TPSA) is 75.7 Å². The molecule has 4 N–H and O–H groups in total. The second-order valence-corrected chi connectivity index (χ2v) is 3.12. The molecule has 1 atom stereocenters. The van der Waals surface area contributed by atoms with Gasteiger partial charge < -0.3 is 20.7 Å². The number of methoxy groups -OCH3 is 1. The number of aliphatic hydroxyl groups excluding tert-OH is 1. The first-order valence-electron chi connectivity index (χ1n) is 4.35. The maximum absolute atomic E-state index is 9.52. The lowest BCUT2D eigenvalue weighted by Gasteiger charge is -2.13. The van der Waals surface area contributed by atoms with Crippen molar-refractivity contribution in [2.75, 3.05) is 13.7 Å². The van der Waals surface area contributed by atoms with E-state index in [1.165, 1.54) is 13.2 Å². The van der Waals surface area contributed by atoms with Crippen LogP contribution in [0.4, 0.5) is 0 Å². The molecule has 0 heterocycles.